The van der Waals surface area contributed by atoms with Crippen molar-refractivity contribution in [1.82, 2.24) is 19.7 Å². The van der Waals surface area contributed by atoms with E-state index in [1.807, 2.05) is 24.3 Å². The van der Waals surface area contributed by atoms with Gasteiger partial charge in [-0.25, -0.2) is 0 Å². The molecule has 1 aliphatic heterocycles. The summed E-state index contributed by atoms with van der Waals surface area (Å²) in [5.41, 5.74) is 7.41. The van der Waals surface area contributed by atoms with Gasteiger partial charge in [0.2, 0.25) is 0 Å². The number of hydrogen-bond acceptors (Lipinski definition) is 5. The molecule has 1 aromatic carbocycles. The third kappa shape index (κ3) is 2.66. The lowest BCUT2D eigenvalue weighted by Crippen LogP contribution is -2.38. The molecule has 20 heavy (non-hydrogen) atoms. The van der Waals surface area contributed by atoms with Gasteiger partial charge in [0.05, 0.1) is 13.7 Å². The monoisotopic (exact) mass is 273 g/mol. The number of benzene rings is 1. The normalized spacial score (nSPS) is 16.7. The summed E-state index contributed by atoms with van der Waals surface area (Å²) in [6.07, 6.45) is 1.79. The van der Waals surface area contributed by atoms with Gasteiger partial charge >= 0.3 is 0 Å². The fraction of sp³-hybridized carbons (Fsp3) is 0.429. The lowest BCUT2D eigenvalue weighted by Gasteiger charge is -2.29. The highest BCUT2D eigenvalue weighted by Gasteiger charge is 2.19. The van der Waals surface area contributed by atoms with Crippen LogP contribution in [0.2, 0.25) is 0 Å². The molecule has 0 amide bonds. The van der Waals surface area contributed by atoms with Crippen molar-refractivity contribution in [2.24, 2.45) is 5.73 Å². The zero-order valence-electron chi connectivity index (χ0n) is 11.6. The number of hydrogen-bond donors (Lipinski definition) is 1. The van der Waals surface area contributed by atoms with E-state index in [2.05, 4.69) is 19.7 Å². The number of rotatable bonds is 4. The van der Waals surface area contributed by atoms with Crippen LogP contribution in [0.5, 0.6) is 5.75 Å². The van der Waals surface area contributed by atoms with Crippen LogP contribution in [0.25, 0.3) is 0 Å². The molecule has 1 unspecified atom stereocenters. The average Bonchev–Trinajstić information content (AvgIpc) is 2.95. The first-order chi connectivity index (χ1) is 9.76. The maximum Gasteiger partial charge on any atom is 0.147 e. The molecule has 0 saturated carbocycles. The van der Waals surface area contributed by atoms with Crippen molar-refractivity contribution in [3.8, 4) is 5.75 Å². The van der Waals surface area contributed by atoms with E-state index in [0.717, 1.165) is 43.3 Å². The van der Waals surface area contributed by atoms with Gasteiger partial charge in [0.25, 0.3) is 0 Å². The SMILES string of the molecule is COc1ccc(C(N)CN2CCn3cnnc3C2)cc1. The standard InChI is InChI=1S/C14H19N5O/c1-20-12-4-2-11(3-5-12)13(15)8-18-6-7-19-10-16-17-14(19)9-18/h2-5,10,13H,6-9,15H2,1H3. The molecule has 0 bridgehead atoms. The Hall–Kier alpha value is -1.92. The van der Waals surface area contributed by atoms with E-state index in [1.165, 1.54) is 0 Å². The van der Waals surface area contributed by atoms with Gasteiger partial charge in [-0.05, 0) is 17.7 Å². The molecule has 2 heterocycles. The highest BCUT2D eigenvalue weighted by molar-refractivity contribution is 5.29. The highest BCUT2D eigenvalue weighted by Crippen LogP contribution is 2.18. The van der Waals surface area contributed by atoms with Gasteiger partial charge in [-0.2, -0.15) is 0 Å². The van der Waals surface area contributed by atoms with Crippen LogP contribution in [-0.2, 0) is 13.1 Å². The average molecular weight is 273 g/mol. The lowest BCUT2D eigenvalue weighted by molar-refractivity contribution is 0.205. The first-order valence-corrected chi connectivity index (χ1v) is 6.75. The van der Waals surface area contributed by atoms with E-state index in [1.54, 1.807) is 13.4 Å². The molecule has 0 radical (unpaired) electrons. The predicted octanol–water partition coefficient (Wildman–Crippen LogP) is 0.802. The molecule has 1 aromatic heterocycles. The number of fused-ring (bicyclic) bond motifs is 1. The summed E-state index contributed by atoms with van der Waals surface area (Å²) >= 11 is 0. The Balaban J connectivity index is 1.63. The predicted molar refractivity (Wildman–Crippen MR) is 75.2 cm³/mol. The molecule has 0 spiro atoms. The van der Waals surface area contributed by atoms with Crippen LogP contribution in [0.3, 0.4) is 0 Å². The molecule has 2 N–H and O–H groups in total. The molecule has 106 valence electrons. The second kappa shape index (κ2) is 5.60. The van der Waals surface area contributed by atoms with Gasteiger partial charge in [-0.15, -0.1) is 10.2 Å². The third-order valence-electron chi connectivity index (χ3n) is 3.72. The van der Waals surface area contributed by atoms with Crippen LogP contribution in [0.4, 0.5) is 0 Å². The first-order valence-electron chi connectivity index (χ1n) is 6.75. The van der Waals surface area contributed by atoms with Gasteiger partial charge in [0, 0.05) is 25.7 Å². The fourth-order valence-corrected chi connectivity index (χ4v) is 2.51. The Morgan fingerprint density at radius 2 is 2.10 bits per heavy atom. The summed E-state index contributed by atoms with van der Waals surface area (Å²) in [6.45, 7) is 3.54. The summed E-state index contributed by atoms with van der Waals surface area (Å²) in [5, 5.41) is 8.06. The number of ether oxygens (including phenoxy) is 1. The topological polar surface area (TPSA) is 69.2 Å². The van der Waals surface area contributed by atoms with Crippen LogP contribution in [0.15, 0.2) is 30.6 Å². The largest absolute Gasteiger partial charge is 0.497 e. The number of methoxy groups -OCH3 is 1. The smallest absolute Gasteiger partial charge is 0.147 e. The van der Waals surface area contributed by atoms with Crippen molar-refractivity contribution in [2.75, 3.05) is 20.2 Å². The maximum absolute atomic E-state index is 6.29. The van der Waals surface area contributed by atoms with Gasteiger partial charge in [-0.1, -0.05) is 12.1 Å². The first kappa shape index (κ1) is 13.1. The molecule has 6 heteroatoms. The molecule has 0 fully saturated rings. The molecule has 6 nitrogen and oxygen atoms in total. The highest BCUT2D eigenvalue weighted by atomic mass is 16.5. The van der Waals surface area contributed by atoms with Gasteiger partial charge in [-0.3, -0.25) is 4.90 Å². The van der Waals surface area contributed by atoms with E-state index < -0.39 is 0 Å². The van der Waals surface area contributed by atoms with Crippen LogP contribution in [0.1, 0.15) is 17.4 Å². The zero-order valence-corrected chi connectivity index (χ0v) is 11.6. The molecule has 3 rings (SSSR count). The van der Waals surface area contributed by atoms with Crippen molar-refractivity contribution >= 4 is 0 Å². The van der Waals surface area contributed by atoms with Crippen molar-refractivity contribution in [3.05, 3.63) is 42.0 Å². The van der Waals surface area contributed by atoms with Gasteiger partial charge < -0.3 is 15.0 Å². The van der Waals surface area contributed by atoms with Crippen LogP contribution < -0.4 is 10.5 Å². The summed E-state index contributed by atoms with van der Waals surface area (Å²) < 4.78 is 7.25. The summed E-state index contributed by atoms with van der Waals surface area (Å²) in [7, 11) is 1.67. The molecular formula is C14H19N5O. The van der Waals surface area contributed by atoms with E-state index in [4.69, 9.17) is 10.5 Å². The molecule has 1 aliphatic rings. The Kier molecular flexibility index (Phi) is 3.66. The lowest BCUT2D eigenvalue weighted by atomic mass is 10.1. The van der Waals surface area contributed by atoms with Gasteiger partial charge in [0.15, 0.2) is 0 Å². The Bertz CT molecular complexity index is 565. The van der Waals surface area contributed by atoms with E-state index >= 15 is 0 Å². The Labute approximate surface area is 118 Å². The van der Waals surface area contributed by atoms with E-state index in [0.29, 0.717) is 0 Å². The minimum atomic E-state index is -0.00428. The minimum absolute atomic E-state index is 0.00428. The minimum Gasteiger partial charge on any atom is -0.497 e. The molecule has 1 atom stereocenters. The second-order valence-corrected chi connectivity index (χ2v) is 5.06. The summed E-state index contributed by atoms with van der Waals surface area (Å²) in [5.74, 6) is 1.87. The third-order valence-corrected chi connectivity index (χ3v) is 3.72. The van der Waals surface area contributed by atoms with E-state index in [9.17, 15) is 0 Å². The number of nitrogens with zero attached hydrogens (tertiary/aromatic N) is 4. The van der Waals surface area contributed by atoms with Crippen molar-refractivity contribution in [2.45, 2.75) is 19.1 Å². The number of nitrogens with two attached hydrogens (primary N) is 1. The zero-order chi connectivity index (χ0) is 13.9. The Morgan fingerprint density at radius 1 is 1.30 bits per heavy atom. The fourth-order valence-electron chi connectivity index (χ4n) is 2.51. The van der Waals surface area contributed by atoms with Crippen LogP contribution in [0, 0.1) is 0 Å². The Morgan fingerprint density at radius 3 is 2.85 bits per heavy atom. The molecule has 0 aliphatic carbocycles. The van der Waals surface area contributed by atoms with E-state index in [-0.39, 0.29) is 6.04 Å². The number of aromatic nitrogens is 3. The van der Waals surface area contributed by atoms with Crippen LogP contribution >= 0.6 is 0 Å². The second-order valence-electron chi connectivity index (χ2n) is 5.06. The summed E-state index contributed by atoms with van der Waals surface area (Å²) in [6, 6.07) is 7.94. The van der Waals surface area contributed by atoms with Crippen molar-refractivity contribution in [1.29, 1.82) is 0 Å². The summed E-state index contributed by atoms with van der Waals surface area (Å²) in [4.78, 5) is 2.32. The molecular weight excluding hydrogens is 254 g/mol. The molecule has 2 aromatic rings. The quantitative estimate of drug-likeness (QED) is 0.892. The van der Waals surface area contributed by atoms with Crippen molar-refractivity contribution < 1.29 is 4.74 Å². The van der Waals surface area contributed by atoms with Gasteiger partial charge in [0.1, 0.15) is 17.9 Å². The van der Waals surface area contributed by atoms with Crippen LogP contribution in [-0.4, -0.2) is 39.9 Å². The van der Waals surface area contributed by atoms with Crippen molar-refractivity contribution in [3.63, 3.8) is 0 Å². The maximum atomic E-state index is 6.29. The molecule has 0 saturated heterocycles.